The van der Waals surface area contributed by atoms with Crippen LogP contribution in [0.15, 0.2) is 46.7 Å². The Labute approximate surface area is 248 Å². The lowest BCUT2D eigenvalue weighted by Crippen LogP contribution is -2.45. The number of carbonyl (C=O) groups is 1. The Morgan fingerprint density at radius 2 is 2.05 bits per heavy atom. The number of nitrogens with zero attached hydrogens (tertiary/aromatic N) is 7. The van der Waals surface area contributed by atoms with Crippen molar-refractivity contribution in [1.29, 1.82) is 0 Å². The second kappa shape index (κ2) is 11.0. The predicted molar refractivity (Wildman–Crippen MR) is 156 cm³/mol. The molecule has 0 saturated carbocycles. The number of amides is 2. The van der Waals surface area contributed by atoms with E-state index in [0.29, 0.717) is 54.4 Å². The van der Waals surface area contributed by atoms with Gasteiger partial charge in [0.15, 0.2) is 17.4 Å². The molecule has 7 rings (SSSR count). The summed E-state index contributed by atoms with van der Waals surface area (Å²) in [6.45, 7) is 3.30. The molecule has 220 valence electrons. The lowest BCUT2D eigenvalue weighted by molar-refractivity contribution is 0.160. The minimum atomic E-state index is -0.223. The summed E-state index contributed by atoms with van der Waals surface area (Å²) >= 11 is 1.38. The van der Waals surface area contributed by atoms with Crippen LogP contribution >= 0.6 is 11.8 Å². The van der Waals surface area contributed by atoms with Crippen molar-refractivity contribution in [2.24, 2.45) is 11.1 Å². The molecule has 3 aromatic heterocycles. The fourth-order valence-corrected chi connectivity index (χ4v) is 7.59. The number of pyridine rings is 2. The number of hydrogen-bond donors (Lipinski definition) is 2. The number of aromatic nitrogens is 4. The van der Waals surface area contributed by atoms with Gasteiger partial charge in [0, 0.05) is 57.4 Å². The molecule has 42 heavy (non-hydrogen) atoms. The molecule has 1 aliphatic carbocycles. The van der Waals surface area contributed by atoms with Gasteiger partial charge in [0.1, 0.15) is 17.3 Å². The zero-order valence-corrected chi connectivity index (χ0v) is 24.3. The number of nitrogens with two attached hydrogens (primary N) is 1. The van der Waals surface area contributed by atoms with Crippen molar-refractivity contribution < 1.29 is 19.4 Å². The molecule has 2 atom stereocenters. The van der Waals surface area contributed by atoms with Gasteiger partial charge in [0.25, 0.3) is 0 Å². The van der Waals surface area contributed by atoms with E-state index in [1.54, 1.807) is 29.3 Å². The van der Waals surface area contributed by atoms with Gasteiger partial charge in [-0.25, -0.2) is 19.7 Å². The molecule has 0 bridgehead atoms. The lowest BCUT2D eigenvalue weighted by atomic mass is 9.73. The summed E-state index contributed by atoms with van der Waals surface area (Å²) < 4.78 is 11.3. The van der Waals surface area contributed by atoms with Crippen molar-refractivity contribution in [2.75, 3.05) is 56.3 Å². The van der Waals surface area contributed by atoms with Gasteiger partial charge in [0.05, 0.1) is 30.3 Å². The molecule has 2 amide bonds. The summed E-state index contributed by atoms with van der Waals surface area (Å²) in [6, 6.07) is 5.71. The van der Waals surface area contributed by atoms with Crippen LogP contribution in [0.3, 0.4) is 0 Å². The number of aliphatic hydroxyl groups excluding tert-OH is 1. The van der Waals surface area contributed by atoms with Crippen LogP contribution in [0, 0.1) is 5.41 Å². The van der Waals surface area contributed by atoms with Gasteiger partial charge in [-0.1, -0.05) is 17.8 Å². The highest BCUT2D eigenvalue weighted by molar-refractivity contribution is 7.99. The first-order valence-corrected chi connectivity index (χ1v) is 15.1. The quantitative estimate of drug-likeness (QED) is 0.419. The van der Waals surface area contributed by atoms with Crippen LogP contribution in [-0.2, 0) is 17.8 Å². The molecule has 0 radical (unpaired) electrons. The number of methoxy groups -OCH3 is 1. The highest BCUT2D eigenvalue weighted by atomic mass is 32.2. The SMILES string of the molecule is COCCN1CC2COc3c(Sc4cnc(N5CCC6(CC5)Cc5ncccc5[C@H]6N)c(CO)n4)ccnc3N2C1=O. The normalized spacial score (nSPS) is 22.3. The lowest BCUT2D eigenvalue weighted by Gasteiger charge is -2.42. The maximum Gasteiger partial charge on any atom is 0.326 e. The Kier molecular flexibility index (Phi) is 7.13. The highest BCUT2D eigenvalue weighted by Gasteiger charge is 2.47. The average Bonchev–Trinajstić information content (AvgIpc) is 3.49. The number of rotatable bonds is 7. The van der Waals surface area contributed by atoms with E-state index in [9.17, 15) is 9.90 Å². The number of anilines is 2. The minimum absolute atomic E-state index is 0.00671. The molecule has 1 unspecified atom stereocenters. The Bertz CT molecular complexity index is 1500. The molecule has 3 aliphatic heterocycles. The summed E-state index contributed by atoms with van der Waals surface area (Å²) in [5, 5.41) is 10.9. The zero-order valence-electron chi connectivity index (χ0n) is 23.5. The van der Waals surface area contributed by atoms with Crippen LogP contribution in [0.2, 0.25) is 0 Å². The van der Waals surface area contributed by atoms with Gasteiger partial charge in [0.2, 0.25) is 0 Å². The van der Waals surface area contributed by atoms with Crippen LogP contribution in [0.25, 0.3) is 0 Å². The first-order chi connectivity index (χ1) is 20.5. The Morgan fingerprint density at radius 1 is 1.19 bits per heavy atom. The number of urea groups is 1. The van der Waals surface area contributed by atoms with E-state index in [0.717, 1.165) is 42.9 Å². The summed E-state index contributed by atoms with van der Waals surface area (Å²) in [4.78, 5) is 38.2. The third-order valence-corrected chi connectivity index (χ3v) is 9.95. The molecular formula is C29H34N8O4S. The number of ether oxygens (including phenoxy) is 2. The number of aliphatic hydroxyl groups is 1. The van der Waals surface area contributed by atoms with Crippen molar-refractivity contribution in [3.8, 4) is 5.75 Å². The molecule has 2 fully saturated rings. The standard InChI is InChI=1S/C29H34N8O4S/c1-40-12-11-36-15-18-17-41-24-22(4-8-32-27(24)37(18)28(36)39)42-23-14-33-26(21(16-38)34-23)35-9-5-29(6-10-35)13-20-19(25(29)30)3-2-7-31-20/h2-4,7-8,14,18,25,38H,5-6,9-13,15-17,30H2,1H3/t18?,25-/m1/s1. The van der Waals surface area contributed by atoms with E-state index in [2.05, 4.69) is 20.9 Å². The molecule has 3 aromatic rings. The van der Waals surface area contributed by atoms with E-state index in [1.165, 1.54) is 17.3 Å². The van der Waals surface area contributed by atoms with Crippen molar-refractivity contribution in [2.45, 2.75) is 47.9 Å². The third-order valence-electron chi connectivity index (χ3n) is 9.00. The molecule has 0 aromatic carbocycles. The minimum Gasteiger partial charge on any atom is -0.486 e. The van der Waals surface area contributed by atoms with Crippen molar-refractivity contribution in [1.82, 2.24) is 24.8 Å². The Hall–Kier alpha value is -3.52. The van der Waals surface area contributed by atoms with E-state index >= 15 is 0 Å². The molecule has 4 aliphatic rings. The van der Waals surface area contributed by atoms with E-state index in [1.807, 2.05) is 18.3 Å². The average molecular weight is 591 g/mol. The van der Waals surface area contributed by atoms with E-state index < -0.39 is 0 Å². The molecular weight excluding hydrogens is 556 g/mol. The smallest absolute Gasteiger partial charge is 0.326 e. The largest absolute Gasteiger partial charge is 0.486 e. The maximum atomic E-state index is 13.1. The predicted octanol–water partition coefficient (Wildman–Crippen LogP) is 2.40. The number of carbonyl (C=O) groups excluding carboxylic acids is 1. The zero-order chi connectivity index (χ0) is 28.8. The second-order valence-electron chi connectivity index (χ2n) is 11.3. The Morgan fingerprint density at radius 3 is 2.83 bits per heavy atom. The van der Waals surface area contributed by atoms with E-state index in [-0.39, 0.29) is 30.1 Å². The number of fused-ring (bicyclic) bond motifs is 4. The third kappa shape index (κ3) is 4.55. The molecule has 1 spiro atoms. The van der Waals surface area contributed by atoms with Crippen molar-refractivity contribution >= 4 is 29.4 Å². The van der Waals surface area contributed by atoms with Gasteiger partial charge in [-0.3, -0.25) is 9.88 Å². The van der Waals surface area contributed by atoms with Crippen molar-refractivity contribution in [3.05, 3.63) is 53.7 Å². The van der Waals surface area contributed by atoms with Crippen LogP contribution < -0.4 is 20.3 Å². The maximum absolute atomic E-state index is 13.1. The van der Waals surface area contributed by atoms with E-state index in [4.69, 9.17) is 25.2 Å². The first-order valence-electron chi connectivity index (χ1n) is 14.3. The summed E-state index contributed by atoms with van der Waals surface area (Å²) in [6.07, 6.45) is 8.01. The highest BCUT2D eigenvalue weighted by Crippen LogP contribution is 2.50. The monoisotopic (exact) mass is 590 g/mol. The van der Waals surface area contributed by atoms with Gasteiger partial charge < -0.3 is 30.1 Å². The van der Waals surface area contributed by atoms with Crippen LogP contribution in [0.5, 0.6) is 5.75 Å². The van der Waals surface area contributed by atoms with Crippen LogP contribution in [-0.4, -0.2) is 88.5 Å². The number of piperidine rings is 1. The number of hydrogen-bond acceptors (Lipinski definition) is 11. The van der Waals surface area contributed by atoms with Gasteiger partial charge in [-0.15, -0.1) is 0 Å². The first kappa shape index (κ1) is 27.3. The van der Waals surface area contributed by atoms with Crippen molar-refractivity contribution in [3.63, 3.8) is 0 Å². The fraction of sp³-hybridized carbons (Fsp3) is 0.483. The second-order valence-corrected chi connectivity index (χ2v) is 12.4. The van der Waals surface area contributed by atoms with Crippen LogP contribution in [0.1, 0.15) is 35.8 Å². The summed E-state index contributed by atoms with van der Waals surface area (Å²) in [7, 11) is 1.63. The van der Waals surface area contributed by atoms with Gasteiger partial charge in [-0.2, -0.15) is 0 Å². The van der Waals surface area contributed by atoms with Crippen LogP contribution in [0.4, 0.5) is 16.4 Å². The fourth-order valence-electron chi connectivity index (χ4n) is 6.73. The van der Waals surface area contributed by atoms with Gasteiger partial charge in [-0.05, 0) is 42.4 Å². The molecule has 3 N–H and O–H groups in total. The molecule has 12 nitrogen and oxygen atoms in total. The molecule has 13 heteroatoms. The topological polar surface area (TPSA) is 143 Å². The summed E-state index contributed by atoms with van der Waals surface area (Å²) in [5.74, 6) is 1.77. The molecule has 6 heterocycles. The summed E-state index contributed by atoms with van der Waals surface area (Å²) in [5.41, 5.74) is 9.55. The van der Waals surface area contributed by atoms with Gasteiger partial charge >= 0.3 is 6.03 Å². The molecule has 2 saturated heterocycles. The Balaban J connectivity index is 1.07.